The van der Waals surface area contributed by atoms with E-state index in [0.29, 0.717) is 0 Å². The zero-order valence-corrected chi connectivity index (χ0v) is 7.64. The van der Waals surface area contributed by atoms with Crippen LogP contribution in [-0.2, 0) is 0 Å². The van der Waals surface area contributed by atoms with E-state index in [9.17, 15) is 0 Å². The fourth-order valence-electron chi connectivity index (χ4n) is 1.14. The minimum absolute atomic E-state index is 1.21. The van der Waals surface area contributed by atoms with Crippen LogP contribution in [0.3, 0.4) is 0 Å². The van der Waals surface area contributed by atoms with Gasteiger partial charge in [-0.05, 0) is 24.5 Å². The van der Waals surface area contributed by atoms with E-state index >= 15 is 0 Å². The van der Waals surface area contributed by atoms with Crippen LogP contribution in [0.5, 0.6) is 0 Å². The third-order valence-electron chi connectivity index (χ3n) is 1.72. The van der Waals surface area contributed by atoms with Crippen LogP contribution in [0.4, 0.5) is 0 Å². The van der Waals surface area contributed by atoms with Gasteiger partial charge in [0.05, 0.1) is 0 Å². The molecule has 0 aromatic heterocycles. The molecule has 1 aromatic carbocycles. The Morgan fingerprint density at radius 1 is 1.33 bits per heavy atom. The number of hydrogen-bond acceptors (Lipinski definition) is 2. The zero-order chi connectivity index (χ0) is 8.39. The molecule has 1 aliphatic rings. The van der Waals surface area contributed by atoms with Gasteiger partial charge in [0.2, 0.25) is 0 Å². The number of aliphatic imine (C=N–C) groups is 1. The first kappa shape index (κ1) is 7.62. The van der Waals surface area contributed by atoms with Gasteiger partial charge in [-0.25, -0.2) is 0 Å². The van der Waals surface area contributed by atoms with Gasteiger partial charge in [-0.3, -0.25) is 4.99 Å². The predicted molar refractivity (Wildman–Crippen MR) is 53.8 cm³/mol. The Labute approximate surface area is 76.2 Å². The maximum atomic E-state index is 4.13. The Morgan fingerprint density at radius 3 is 3.17 bits per heavy atom. The number of rotatable bonds is 0. The van der Waals surface area contributed by atoms with Crippen molar-refractivity contribution in [2.45, 2.75) is 11.8 Å². The topological polar surface area (TPSA) is 12.4 Å². The summed E-state index contributed by atoms with van der Waals surface area (Å²) < 4.78 is 0. The normalized spacial score (nSPS) is 14.1. The average Bonchev–Trinajstić information content (AvgIpc) is 2.28. The Kier molecular flexibility index (Phi) is 2.00. The van der Waals surface area contributed by atoms with Gasteiger partial charge in [-0.15, -0.1) is 0 Å². The van der Waals surface area contributed by atoms with Crippen molar-refractivity contribution in [2.24, 2.45) is 4.99 Å². The molecule has 0 N–H and O–H groups in total. The number of nitrogens with zero attached hydrogens (tertiary/aromatic N) is 1. The molecule has 0 unspecified atom stereocenters. The Balaban J connectivity index is 2.53. The van der Waals surface area contributed by atoms with Gasteiger partial charge in [0.15, 0.2) is 0 Å². The first-order valence-electron chi connectivity index (χ1n) is 3.82. The van der Waals surface area contributed by atoms with E-state index in [-0.39, 0.29) is 0 Å². The minimum Gasteiger partial charge on any atom is -0.264 e. The van der Waals surface area contributed by atoms with Gasteiger partial charge in [0.1, 0.15) is 0 Å². The molecule has 1 nitrogen and oxygen atoms in total. The Morgan fingerprint density at radius 2 is 2.25 bits per heavy atom. The molecule has 0 radical (unpaired) electrons. The van der Waals surface area contributed by atoms with Crippen LogP contribution in [0.15, 0.2) is 39.7 Å². The molecular formula is C10H9NS. The molecule has 0 amide bonds. The highest BCUT2D eigenvalue weighted by Crippen LogP contribution is 2.25. The van der Waals surface area contributed by atoms with Crippen LogP contribution in [0.2, 0.25) is 0 Å². The van der Waals surface area contributed by atoms with Gasteiger partial charge in [-0.2, -0.15) is 0 Å². The van der Waals surface area contributed by atoms with Gasteiger partial charge in [0, 0.05) is 22.9 Å². The van der Waals surface area contributed by atoms with E-state index in [1.165, 1.54) is 16.0 Å². The van der Waals surface area contributed by atoms with Crippen LogP contribution in [0.25, 0.3) is 0 Å². The summed E-state index contributed by atoms with van der Waals surface area (Å²) in [6.07, 6.45) is 3.72. The predicted octanol–water partition coefficient (Wildman–Crippen LogP) is 2.99. The largest absolute Gasteiger partial charge is 0.264 e. The van der Waals surface area contributed by atoms with E-state index in [2.05, 4.69) is 30.1 Å². The lowest BCUT2D eigenvalue weighted by atomic mass is 10.1. The number of hydrogen-bond donors (Lipinski definition) is 0. The van der Waals surface area contributed by atoms with Crippen molar-refractivity contribution in [3.05, 3.63) is 40.9 Å². The molecule has 0 aliphatic carbocycles. The lowest BCUT2D eigenvalue weighted by Crippen LogP contribution is -1.84. The Hall–Kier alpha value is -1.02. The zero-order valence-electron chi connectivity index (χ0n) is 6.82. The summed E-state index contributed by atoms with van der Waals surface area (Å²) in [6.45, 7) is 2.09. The van der Waals surface area contributed by atoms with Crippen LogP contribution >= 0.6 is 11.8 Å². The molecule has 0 saturated carbocycles. The van der Waals surface area contributed by atoms with Crippen molar-refractivity contribution in [1.82, 2.24) is 0 Å². The molecular weight excluding hydrogens is 166 g/mol. The second-order valence-corrected chi connectivity index (χ2v) is 3.67. The van der Waals surface area contributed by atoms with Crippen LogP contribution in [0.1, 0.15) is 11.1 Å². The highest BCUT2D eigenvalue weighted by atomic mass is 32.2. The van der Waals surface area contributed by atoms with Crippen molar-refractivity contribution >= 4 is 18.0 Å². The summed E-state index contributed by atoms with van der Waals surface area (Å²) in [5.41, 5.74) is 2.49. The maximum absolute atomic E-state index is 4.13. The molecule has 1 heterocycles. The van der Waals surface area contributed by atoms with E-state index in [1.54, 1.807) is 11.8 Å². The lowest BCUT2D eigenvalue weighted by molar-refractivity contribution is 1.36. The van der Waals surface area contributed by atoms with Crippen LogP contribution in [0, 0.1) is 6.92 Å². The lowest BCUT2D eigenvalue weighted by Gasteiger charge is -2.01. The van der Waals surface area contributed by atoms with Crippen molar-refractivity contribution in [2.75, 3.05) is 0 Å². The molecule has 0 spiro atoms. The fraction of sp³-hybridized carbons (Fsp3) is 0.100. The van der Waals surface area contributed by atoms with Crippen molar-refractivity contribution in [1.29, 1.82) is 0 Å². The molecule has 2 rings (SSSR count). The van der Waals surface area contributed by atoms with Gasteiger partial charge in [0.25, 0.3) is 0 Å². The second kappa shape index (κ2) is 3.15. The molecule has 0 bridgehead atoms. The number of fused-ring (bicyclic) bond motifs is 1. The van der Waals surface area contributed by atoms with Crippen molar-refractivity contribution in [3.8, 4) is 0 Å². The van der Waals surface area contributed by atoms with Crippen molar-refractivity contribution < 1.29 is 0 Å². The molecule has 60 valence electrons. The van der Waals surface area contributed by atoms with E-state index < -0.39 is 0 Å². The van der Waals surface area contributed by atoms with Crippen LogP contribution < -0.4 is 0 Å². The van der Waals surface area contributed by atoms with Gasteiger partial charge >= 0.3 is 0 Å². The fourth-order valence-corrected chi connectivity index (χ4v) is 1.81. The summed E-state index contributed by atoms with van der Waals surface area (Å²) in [5, 5.41) is 2.00. The molecule has 2 heteroatoms. The molecule has 0 saturated heterocycles. The minimum atomic E-state index is 1.21. The quantitative estimate of drug-likeness (QED) is 0.590. The van der Waals surface area contributed by atoms with Crippen LogP contribution in [-0.4, -0.2) is 6.21 Å². The maximum Gasteiger partial charge on any atom is 0.0352 e. The molecule has 12 heavy (non-hydrogen) atoms. The summed E-state index contributed by atoms with van der Waals surface area (Å²) in [5.74, 6) is 0. The molecule has 0 fully saturated rings. The molecule has 1 aromatic rings. The highest BCUT2D eigenvalue weighted by Gasteiger charge is 2.00. The monoisotopic (exact) mass is 175 g/mol. The number of benzene rings is 1. The number of thioether (sulfide) groups is 1. The summed E-state index contributed by atoms with van der Waals surface area (Å²) in [7, 11) is 0. The summed E-state index contributed by atoms with van der Waals surface area (Å²) >= 11 is 1.71. The van der Waals surface area contributed by atoms with Gasteiger partial charge < -0.3 is 0 Å². The Bertz CT molecular complexity index is 353. The number of aryl methyl sites for hydroxylation is 1. The third kappa shape index (κ3) is 1.43. The summed E-state index contributed by atoms with van der Waals surface area (Å²) in [4.78, 5) is 5.40. The standard InChI is InChI=1S/C10H9NS/c1-8-2-3-10-9(6-8)7-11-4-5-12-10/h2-7H,1H3. The molecule has 1 aliphatic heterocycles. The van der Waals surface area contributed by atoms with E-state index in [1.807, 2.05) is 17.8 Å². The first-order valence-corrected chi connectivity index (χ1v) is 4.70. The highest BCUT2D eigenvalue weighted by molar-refractivity contribution is 8.02. The second-order valence-electron chi connectivity index (χ2n) is 2.72. The third-order valence-corrected chi connectivity index (χ3v) is 2.60. The average molecular weight is 175 g/mol. The first-order chi connectivity index (χ1) is 5.86. The summed E-state index contributed by atoms with van der Waals surface area (Å²) in [6, 6.07) is 6.41. The smallest absolute Gasteiger partial charge is 0.0352 e. The van der Waals surface area contributed by atoms with E-state index in [4.69, 9.17) is 0 Å². The molecule has 0 atom stereocenters. The van der Waals surface area contributed by atoms with Gasteiger partial charge in [-0.1, -0.05) is 23.4 Å². The SMILES string of the molecule is Cc1ccc2c(c1)C=NC=CS2. The van der Waals surface area contributed by atoms with Crippen molar-refractivity contribution in [3.63, 3.8) is 0 Å². The van der Waals surface area contributed by atoms with E-state index in [0.717, 1.165) is 0 Å².